The Balaban J connectivity index is 0.00000280. The van der Waals surface area contributed by atoms with Crippen molar-refractivity contribution in [2.75, 3.05) is 46.9 Å². The summed E-state index contributed by atoms with van der Waals surface area (Å²) in [5, 5.41) is 3.41. The molecule has 28 heavy (non-hydrogen) atoms. The van der Waals surface area contributed by atoms with Crippen molar-refractivity contribution < 1.29 is 9.53 Å². The van der Waals surface area contributed by atoms with Gasteiger partial charge >= 0.3 is 0 Å². The third-order valence-corrected chi connectivity index (χ3v) is 5.42. The second-order valence-electron chi connectivity index (χ2n) is 7.56. The number of aliphatic imine (C=N–C) groups is 1. The quantitative estimate of drug-likeness (QED) is 0.384. The number of amides is 1. The Morgan fingerprint density at radius 2 is 1.96 bits per heavy atom. The molecule has 0 aliphatic carbocycles. The van der Waals surface area contributed by atoms with E-state index in [0.717, 1.165) is 69.2 Å². The van der Waals surface area contributed by atoms with Crippen LogP contribution in [0.1, 0.15) is 41.6 Å². The number of piperidine rings is 1. The van der Waals surface area contributed by atoms with Gasteiger partial charge in [-0.15, -0.1) is 24.0 Å². The van der Waals surface area contributed by atoms with E-state index in [4.69, 9.17) is 4.74 Å². The van der Waals surface area contributed by atoms with Gasteiger partial charge in [0.05, 0.1) is 6.61 Å². The fourth-order valence-electron chi connectivity index (χ4n) is 3.81. The second kappa shape index (κ2) is 11.6. The first-order valence-electron chi connectivity index (χ1n) is 10.0. The molecule has 1 aromatic rings. The van der Waals surface area contributed by atoms with Gasteiger partial charge < -0.3 is 19.9 Å². The number of benzene rings is 1. The summed E-state index contributed by atoms with van der Waals surface area (Å²) in [7, 11) is 3.87. The number of ether oxygens (including phenoxy) is 1. The number of halogens is 1. The number of carbonyl (C=O) groups is 1. The molecular formula is C21H33IN4O2. The van der Waals surface area contributed by atoms with Gasteiger partial charge in [0, 0.05) is 58.4 Å². The summed E-state index contributed by atoms with van der Waals surface area (Å²) in [4.78, 5) is 21.1. The molecule has 2 aliphatic rings. The fourth-order valence-corrected chi connectivity index (χ4v) is 3.81. The van der Waals surface area contributed by atoms with E-state index in [9.17, 15) is 4.79 Å². The van der Waals surface area contributed by atoms with Crippen LogP contribution in [-0.4, -0.2) is 68.6 Å². The molecule has 2 fully saturated rings. The van der Waals surface area contributed by atoms with Crippen LogP contribution in [-0.2, 0) is 11.3 Å². The SMILES string of the molecule is CN=C(NCc1ccc(C(=O)N2CCCCC2)cc1)N(C)CC1CCOC1.I. The zero-order valence-electron chi connectivity index (χ0n) is 17.0. The summed E-state index contributed by atoms with van der Waals surface area (Å²) in [5.41, 5.74) is 1.92. The minimum absolute atomic E-state index is 0. The third-order valence-electron chi connectivity index (χ3n) is 5.42. The van der Waals surface area contributed by atoms with Gasteiger partial charge in [0.1, 0.15) is 0 Å². The van der Waals surface area contributed by atoms with Crippen LogP contribution in [0.3, 0.4) is 0 Å². The maximum Gasteiger partial charge on any atom is 0.253 e. The topological polar surface area (TPSA) is 57.2 Å². The van der Waals surface area contributed by atoms with Crippen molar-refractivity contribution in [3.63, 3.8) is 0 Å². The van der Waals surface area contributed by atoms with Crippen molar-refractivity contribution in [1.29, 1.82) is 0 Å². The molecule has 0 aromatic heterocycles. The van der Waals surface area contributed by atoms with Gasteiger partial charge in [0.2, 0.25) is 0 Å². The van der Waals surface area contributed by atoms with Crippen LogP contribution in [0.5, 0.6) is 0 Å². The standard InChI is InChI=1S/C21H32N4O2.HI/c1-22-21(24(2)15-18-10-13-27-16-18)23-14-17-6-8-19(9-7-17)20(26)25-11-4-3-5-12-25;/h6-9,18H,3-5,10-16H2,1-2H3,(H,22,23);1H. The molecule has 0 saturated carbocycles. The first kappa shape index (κ1) is 22.9. The number of guanidine groups is 1. The van der Waals surface area contributed by atoms with Crippen LogP contribution in [0.25, 0.3) is 0 Å². The van der Waals surface area contributed by atoms with E-state index in [0.29, 0.717) is 12.5 Å². The highest BCUT2D eigenvalue weighted by Crippen LogP contribution is 2.15. The Kier molecular flexibility index (Phi) is 9.50. The molecule has 2 aliphatic heterocycles. The van der Waals surface area contributed by atoms with Gasteiger partial charge in [-0.2, -0.15) is 0 Å². The molecular weight excluding hydrogens is 467 g/mol. The molecule has 1 atom stereocenters. The smallest absolute Gasteiger partial charge is 0.253 e. The van der Waals surface area contributed by atoms with Gasteiger partial charge in [0.25, 0.3) is 5.91 Å². The first-order chi connectivity index (χ1) is 13.2. The van der Waals surface area contributed by atoms with Crippen molar-refractivity contribution in [3.05, 3.63) is 35.4 Å². The molecule has 2 heterocycles. The number of carbonyl (C=O) groups excluding carboxylic acids is 1. The van der Waals surface area contributed by atoms with Crippen molar-refractivity contribution in [3.8, 4) is 0 Å². The summed E-state index contributed by atoms with van der Waals surface area (Å²) in [6.45, 7) is 5.12. The maximum absolute atomic E-state index is 12.6. The average Bonchev–Trinajstić information content (AvgIpc) is 3.22. The lowest BCUT2D eigenvalue weighted by Crippen LogP contribution is -2.41. The summed E-state index contributed by atoms with van der Waals surface area (Å²) < 4.78 is 5.46. The Morgan fingerprint density at radius 1 is 1.25 bits per heavy atom. The van der Waals surface area contributed by atoms with Crippen LogP contribution < -0.4 is 5.32 Å². The number of likely N-dealkylation sites (tertiary alicyclic amines) is 1. The van der Waals surface area contributed by atoms with Crippen LogP contribution in [0.4, 0.5) is 0 Å². The highest BCUT2D eigenvalue weighted by molar-refractivity contribution is 14.0. The Labute approximate surface area is 185 Å². The molecule has 156 valence electrons. The summed E-state index contributed by atoms with van der Waals surface area (Å²) in [6, 6.07) is 7.94. The Hall–Kier alpha value is -1.35. The van der Waals surface area contributed by atoms with Crippen molar-refractivity contribution in [2.45, 2.75) is 32.2 Å². The fraction of sp³-hybridized carbons (Fsp3) is 0.619. The number of nitrogens with one attached hydrogen (secondary N) is 1. The van der Waals surface area contributed by atoms with E-state index < -0.39 is 0 Å². The second-order valence-corrected chi connectivity index (χ2v) is 7.56. The molecule has 6 nitrogen and oxygen atoms in total. The lowest BCUT2D eigenvalue weighted by atomic mass is 10.1. The molecule has 1 N–H and O–H groups in total. The van der Waals surface area contributed by atoms with Gasteiger partial charge in [-0.1, -0.05) is 12.1 Å². The van der Waals surface area contributed by atoms with E-state index in [1.54, 1.807) is 0 Å². The minimum atomic E-state index is 0. The van der Waals surface area contributed by atoms with Gasteiger partial charge in [-0.25, -0.2) is 0 Å². The van der Waals surface area contributed by atoms with Gasteiger partial charge in [0.15, 0.2) is 5.96 Å². The largest absolute Gasteiger partial charge is 0.381 e. The molecule has 0 spiro atoms. The molecule has 0 radical (unpaired) electrons. The predicted octanol–water partition coefficient (Wildman–Crippen LogP) is 2.97. The zero-order chi connectivity index (χ0) is 19.1. The van der Waals surface area contributed by atoms with E-state index in [2.05, 4.69) is 22.3 Å². The number of rotatable bonds is 5. The summed E-state index contributed by atoms with van der Waals surface area (Å²) in [5.74, 6) is 1.62. The molecule has 3 rings (SSSR count). The Bertz CT molecular complexity index is 638. The normalized spacial score (nSPS) is 19.9. The van der Waals surface area contributed by atoms with E-state index in [1.807, 2.05) is 36.2 Å². The van der Waals surface area contributed by atoms with Crippen molar-refractivity contribution >= 4 is 35.8 Å². The van der Waals surface area contributed by atoms with Crippen molar-refractivity contribution in [2.24, 2.45) is 10.9 Å². The lowest BCUT2D eigenvalue weighted by molar-refractivity contribution is 0.0724. The van der Waals surface area contributed by atoms with E-state index in [1.165, 1.54) is 6.42 Å². The molecule has 1 amide bonds. The first-order valence-corrected chi connectivity index (χ1v) is 10.0. The van der Waals surface area contributed by atoms with Crippen LogP contribution >= 0.6 is 24.0 Å². The number of hydrogen-bond acceptors (Lipinski definition) is 3. The summed E-state index contributed by atoms with van der Waals surface area (Å²) >= 11 is 0. The molecule has 0 bridgehead atoms. The molecule has 1 aromatic carbocycles. The monoisotopic (exact) mass is 500 g/mol. The molecule has 1 unspecified atom stereocenters. The molecule has 2 saturated heterocycles. The minimum Gasteiger partial charge on any atom is -0.381 e. The average molecular weight is 500 g/mol. The highest BCUT2D eigenvalue weighted by atomic mass is 127. The third kappa shape index (κ3) is 6.34. The number of hydrogen-bond donors (Lipinski definition) is 1. The molecule has 7 heteroatoms. The van der Waals surface area contributed by atoms with E-state index >= 15 is 0 Å². The van der Waals surface area contributed by atoms with Gasteiger partial charge in [-0.05, 0) is 43.4 Å². The lowest BCUT2D eigenvalue weighted by Gasteiger charge is -2.26. The predicted molar refractivity (Wildman–Crippen MR) is 123 cm³/mol. The van der Waals surface area contributed by atoms with Gasteiger partial charge in [-0.3, -0.25) is 9.79 Å². The van der Waals surface area contributed by atoms with E-state index in [-0.39, 0.29) is 29.9 Å². The maximum atomic E-state index is 12.6. The zero-order valence-corrected chi connectivity index (χ0v) is 19.4. The van der Waals surface area contributed by atoms with Crippen LogP contribution in [0.2, 0.25) is 0 Å². The number of nitrogens with zero attached hydrogens (tertiary/aromatic N) is 3. The van der Waals surface area contributed by atoms with Crippen LogP contribution in [0.15, 0.2) is 29.3 Å². The highest BCUT2D eigenvalue weighted by Gasteiger charge is 2.19. The Morgan fingerprint density at radius 3 is 2.57 bits per heavy atom. The van der Waals surface area contributed by atoms with Crippen LogP contribution in [0, 0.1) is 5.92 Å². The summed E-state index contributed by atoms with van der Waals surface area (Å²) in [6.07, 6.45) is 4.59. The van der Waals surface area contributed by atoms with Crippen molar-refractivity contribution in [1.82, 2.24) is 15.1 Å².